The van der Waals surface area contributed by atoms with E-state index in [9.17, 15) is 9.90 Å². The van der Waals surface area contributed by atoms with Crippen LogP contribution in [0.25, 0.3) is 0 Å². The van der Waals surface area contributed by atoms with Crippen molar-refractivity contribution in [2.75, 3.05) is 27.4 Å². The topological polar surface area (TPSA) is 67.8 Å². The molecule has 0 fully saturated rings. The third kappa shape index (κ3) is 3.21. The van der Waals surface area contributed by atoms with E-state index in [2.05, 4.69) is 5.32 Å². The van der Waals surface area contributed by atoms with Gasteiger partial charge in [-0.3, -0.25) is 5.32 Å². The van der Waals surface area contributed by atoms with Crippen LogP contribution in [0.3, 0.4) is 0 Å². The van der Waals surface area contributed by atoms with Gasteiger partial charge in [0.15, 0.2) is 0 Å². The third-order valence-corrected chi connectivity index (χ3v) is 2.82. The van der Waals surface area contributed by atoms with Gasteiger partial charge in [0.25, 0.3) is 0 Å². The molecule has 0 saturated carbocycles. The highest BCUT2D eigenvalue weighted by atomic mass is 16.5. The summed E-state index contributed by atoms with van der Waals surface area (Å²) >= 11 is 0. The summed E-state index contributed by atoms with van der Waals surface area (Å²) in [5.74, 6) is -0.229. The first kappa shape index (κ1) is 14.5. The van der Waals surface area contributed by atoms with Crippen molar-refractivity contribution in [1.82, 2.24) is 5.32 Å². The van der Waals surface area contributed by atoms with Gasteiger partial charge in [0, 0.05) is 13.7 Å². The molecule has 5 nitrogen and oxygen atoms in total. The Hall–Kier alpha value is -1.59. The maximum Gasteiger partial charge on any atom is 0.330 e. The minimum absolute atomic E-state index is 0.155. The number of ether oxygens (including phenoxy) is 2. The number of carbonyl (C=O) groups excluding carboxylic acids is 1. The lowest BCUT2D eigenvalue weighted by Gasteiger charge is -2.28. The van der Waals surface area contributed by atoms with Gasteiger partial charge in [0.2, 0.25) is 0 Å². The maximum atomic E-state index is 11.9. The summed E-state index contributed by atoms with van der Waals surface area (Å²) in [7, 11) is 2.94. The highest BCUT2D eigenvalue weighted by Gasteiger charge is 2.35. The molecule has 0 spiro atoms. The minimum Gasteiger partial charge on any atom is -0.508 e. The van der Waals surface area contributed by atoms with Gasteiger partial charge in [0.05, 0.1) is 13.7 Å². The van der Waals surface area contributed by atoms with Crippen LogP contribution in [0.2, 0.25) is 0 Å². The Bertz CT molecular complexity index is 390. The Morgan fingerprint density at radius 2 is 1.94 bits per heavy atom. The molecule has 0 aliphatic rings. The van der Waals surface area contributed by atoms with Gasteiger partial charge < -0.3 is 14.6 Å². The molecule has 1 aromatic rings. The molecule has 1 unspecified atom stereocenters. The zero-order valence-corrected chi connectivity index (χ0v) is 10.9. The molecule has 2 N–H and O–H groups in total. The van der Waals surface area contributed by atoms with Crippen LogP contribution in [0.4, 0.5) is 0 Å². The van der Waals surface area contributed by atoms with E-state index in [0.717, 1.165) is 5.56 Å². The number of esters is 1. The molecular weight excluding hydrogens is 234 g/mol. The van der Waals surface area contributed by atoms with Gasteiger partial charge in [-0.1, -0.05) is 12.1 Å². The van der Waals surface area contributed by atoms with E-state index in [4.69, 9.17) is 9.47 Å². The summed E-state index contributed by atoms with van der Waals surface area (Å²) in [5, 5.41) is 12.4. The second-order valence-electron chi connectivity index (χ2n) is 4.08. The van der Waals surface area contributed by atoms with Gasteiger partial charge in [-0.25, -0.2) is 4.79 Å². The fraction of sp³-hybridized carbons (Fsp3) is 0.462. The lowest BCUT2D eigenvalue weighted by Crippen LogP contribution is -2.48. The van der Waals surface area contributed by atoms with Crippen molar-refractivity contribution in [3.05, 3.63) is 29.8 Å². The van der Waals surface area contributed by atoms with Crippen molar-refractivity contribution in [3.8, 4) is 5.75 Å². The first-order valence-corrected chi connectivity index (χ1v) is 5.66. The van der Waals surface area contributed by atoms with Crippen LogP contribution < -0.4 is 5.32 Å². The average Bonchev–Trinajstić information content (AvgIpc) is 2.38. The molecule has 1 aromatic carbocycles. The van der Waals surface area contributed by atoms with E-state index in [0.29, 0.717) is 13.2 Å². The van der Waals surface area contributed by atoms with Crippen molar-refractivity contribution in [3.63, 3.8) is 0 Å². The van der Waals surface area contributed by atoms with Gasteiger partial charge in [0.1, 0.15) is 11.3 Å². The molecule has 0 amide bonds. The van der Waals surface area contributed by atoms with E-state index in [1.807, 2.05) is 0 Å². The molecule has 1 atom stereocenters. The Labute approximate surface area is 107 Å². The molecule has 0 bridgehead atoms. The first-order valence-electron chi connectivity index (χ1n) is 5.66. The number of nitrogens with one attached hydrogen (secondary N) is 1. The fourth-order valence-electron chi connectivity index (χ4n) is 1.69. The number of aromatic hydroxyl groups is 1. The van der Waals surface area contributed by atoms with Gasteiger partial charge in [-0.2, -0.15) is 0 Å². The van der Waals surface area contributed by atoms with Crippen LogP contribution in [-0.4, -0.2) is 38.4 Å². The molecule has 100 valence electrons. The maximum absolute atomic E-state index is 11.9. The third-order valence-electron chi connectivity index (χ3n) is 2.82. The molecule has 0 radical (unpaired) electrons. The van der Waals surface area contributed by atoms with E-state index in [-0.39, 0.29) is 11.7 Å². The van der Waals surface area contributed by atoms with Crippen LogP contribution in [0.15, 0.2) is 24.3 Å². The van der Waals surface area contributed by atoms with Crippen molar-refractivity contribution in [2.24, 2.45) is 0 Å². The number of carbonyl (C=O) groups is 1. The minimum atomic E-state index is -0.957. The molecule has 0 aliphatic heterocycles. The molecule has 1 rings (SSSR count). The SMILES string of the molecule is COCCNC(C)(C(=O)OC)c1ccc(O)cc1. The molecule has 0 saturated heterocycles. The van der Waals surface area contributed by atoms with E-state index < -0.39 is 5.54 Å². The van der Waals surface area contributed by atoms with Crippen LogP contribution in [0.1, 0.15) is 12.5 Å². The Kier molecular flexibility index (Phi) is 5.12. The van der Waals surface area contributed by atoms with Crippen LogP contribution in [0.5, 0.6) is 5.75 Å². The highest BCUT2D eigenvalue weighted by Crippen LogP contribution is 2.24. The number of benzene rings is 1. The molecular formula is C13H19NO4. The number of phenols is 1. The predicted molar refractivity (Wildman–Crippen MR) is 67.4 cm³/mol. The van der Waals surface area contributed by atoms with Crippen molar-refractivity contribution in [1.29, 1.82) is 0 Å². The normalized spacial score (nSPS) is 13.9. The summed E-state index contributed by atoms with van der Waals surface area (Å²) in [6, 6.07) is 6.45. The molecule has 0 aromatic heterocycles. The summed E-state index contributed by atoms with van der Waals surface area (Å²) in [6.45, 7) is 2.74. The second-order valence-corrected chi connectivity index (χ2v) is 4.08. The number of methoxy groups -OCH3 is 2. The Morgan fingerprint density at radius 1 is 1.33 bits per heavy atom. The zero-order chi connectivity index (χ0) is 13.6. The predicted octanol–water partition coefficient (Wildman–Crippen LogP) is 1.02. The number of hydrogen-bond donors (Lipinski definition) is 2. The summed E-state index contributed by atoms with van der Waals surface area (Å²) in [5.41, 5.74) is -0.232. The largest absolute Gasteiger partial charge is 0.508 e. The number of phenolic OH excluding ortho intramolecular Hbond substituents is 1. The van der Waals surface area contributed by atoms with E-state index >= 15 is 0 Å². The smallest absolute Gasteiger partial charge is 0.330 e. The summed E-state index contributed by atoms with van der Waals surface area (Å²) in [4.78, 5) is 11.9. The molecule has 18 heavy (non-hydrogen) atoms. The van der Waals surface area contributed by atoms with Crippen LogP contribution >= 0.6 is 0 Å². The zero-order valence-electron chi connectivity index (χ0n) is 10.9. The standard InChI is InChI=1S/C13H19NO4/c1-13(12(16)18-3,14-8-9-17-2)10-4-6-11(15)7-5-10/h4-7,14-15H,8-9H2,1-3H3. The lowest BCUT2D eigenvalue weighted by atomic mass is 9.92. The molecule has 0 aliphatic carbocycles. The summed E-state index contributed by atoms with van der Waals surface area (Å²) in [6.07, 6.45) is 0. The Morgan fingerprint density at radius 3 is 2.44 bits per heavy atom. The Balaban J connectivity index is 2.96. The average molecular weight is 253 g/mol. The van der Waals surface area contributed by atoms with Crippen molar-refractivity contribution >= 4 is 5.97 Å². The van der Waals surface area contributed by atoms with E-state index in [1.165, 1.54) is 19.2 Å². The second kappa shape index (κ2) is 6.37. The first-order chi connectivity index (χ1) is 8.54. The lowest BCUT2D eigenvalue weighted by molar-refractivity contribution is -0.148. The van der Waals surface area contributed by atoms with Gasteiger partial charge in [-0.15, -0.1) is 0 Å². The number of rotatable bonds is 6. The van der Waals surface area contributed by atoms with Crippen LogP contribution in [-0.2, 0) is 19.8 Å². The molecule has 0 heterocycles. The number of hydrogen-bond acceptors (Lipinski definition) is 5. The van der Waals surface area contributed by atoms with Crippen LogP contribution in [0, 0.1) is 0 Å². The van der Waals surface area contributed by atoms with Gasteiger partial charge >= 0.3 is 5.97 Å². The fourth-order valence-corrected chi connectivity index (χ4v) is 1.69. The monoisotopic (exact) mass is 253 g/mol. The van der Waals surface area contributed by atoms with Crippen molar-refractivity contribution in [2.45, 2.75) is 12.5 Å². The highest BCUT2D eigenvalue weighted by molar-refractivity contribution is 5.82. The quantitative estimate of drug-likeness (QED) is 0.585. The summed E-state index contributed by atoms with van der Waals surface area (Å²) < 4.78 is 9.78. The molecule has 5 heteroatoms. The van der Waals surface area contributed by atoms with E-state index in [1.54, 1.807) is 26.2 Å². The van der Waals surface area contributed by atoms with Crippen molar-refractivity contribution < 1.29 is 19.4 Å². The van der Waals surface area contributed by atoms with Gasteiger partial charge in [-0.05, 0) is 24.6 Å².